The monoisotopic (exact) mass is 232 g/mol. The Hall–Kier alpha value is -1.15. The first-order valence-corrected chi connectivity index (χ1v) is 5.18. The highest BCUT2D eigenvalue weighted by molar-refractivity contribution is 8.00. The van der Waals surface area contributed by atoms with Crippen LogP contribution in [0.15, 0.2) is 5.16 Å². The first-order chi connectivity index (χ1) is 7.19. The van der Waals surface area contributed by atoms with Gasteiger partial charge in [-0.1, -0.05) is 11.8 Å². The van der Waals surface area contributed by atoms with E-state index in [0.717, 1.165) is 0 Å². The normalized spacial score (nSPS) is 12.5. The highest BCUT2D eigenvalue weighted by Gasteiger charge is 2.18. The molecular weight excluding hydrogens is 220 g/mol. The number of carbonyl (C=O) groups excluding carboxylic acids is 1. The Morgan fingerprint density at radius 2 is 2.47 bits per heavy atom. The number of hydrogen-bond acceptors (Lipinski definition) is 7. The lowest BCUT2D eigenvalue weighted by Gasteiger charge is -2.07. The van der Waals surface area contributed by atoms with Gasteiger partial charge in [0.2, 0.25) is 5.16 Å². The van der Waals surface area contributed by atoms with E-state index in [-0.39, 0.29) is 17.8 Å². The molecule has 8 heteroatoms. The zero-order valence-electron chi connectivity index (χ0n) is 8.45. The van der Waals surface area contributed by atoms with Crippen molar-refractivity contribution >= 4 is 17.7 Å². The topological polar surface area (TPSA) is 90.1 Å². The van der Waals surface area contributed by atoms with E-state index in [1.54, 1.807) is 6.92 Å². The van der Waals surface area contributed by atoms with Gasteiger partial charge >= 0.3 is 5.97 Å². The van der Waals surface area contributed by atoms with E-state index in [1.165, 1.54) is 23.6 Å². The Bertz CT molecular complexity index is 330. The molecule has 0 amide bonds. The summed E-state index contributed by atoms with van der Waals surface area (Å²) in [5.41, 5.74) is 0. The molecule has 1 unspecified atom stereocenters. The number of esters is 1. The molecule has 1 atom stereocenters. The Kier molecular flexibility index (Phi) is 4.50. The van der Waals surface area contributed by atoms with E-state index in [2.05, 4.69) is 20.3 Å². The third kappa shape index (κ3) is 3.17. The van der Waals surface area contributed by atoms with Crippen molar-refractivity contribution in [2.45, 2.75) is 23.9 Å². The van der Waals surface area contributed by atoms with Crippen molar-refractivity contribution in [3.63, 3.8) is 0 Å². The summed E-state index contributed by atoms with van der Waals surface area (Å²) in [7, 11) is 1.33. The van der Waals surface area contributed by atoms with E-state index in [4.69, 9.17) is 5.11 Å². The van der Waals surface area contributed by atoms with Crippen LogP contribution in [-0.2, 0) is 16.1 Å². The lowest BCUT2D eigenvalue weighted by atomic mass is 10.5. The Morgan fingerprint density at radius 1 is 1.73 bits per heavy atom. The molecule has 1 rings (SSSR count). The first kappa shape index (κ1) is 11.9. The van der Waals surface area contributed by atoms with E-state index in [9.17, 15) is 4.79 Å². The second-order valence-corrected chi connectivity index (χ2v) is 4.00. The number of nitrogens with zero attached hydrogens (tertiary/aromatic N) is 4. The van der Waals surface area contributed by atoms with Crippen molar-refractivity contribution in [3.8, 4) is 0 Å². The van der Waals surface area contributed by atoms with Gasteiger partial charge in [0.25, 0.3) is 0 Å². The number of thioether (sulfide) groups is 1. The SMILES string of the molecule is COC(=O)C(C)Sc1nnnn1CCO. The van der Waals surface area contributed by atoms with Crippen molar-refractivity contribution < 1.29 is 14.6 Å². The molecule has 1 aromatic heterocycles. The fourth-order valence-corrected chi connectivity index (χ4v) is 1.73. The molecule has 0 bridgehead atoms. The third-order valence-corrected chi connectivity index (χ3v) is 2.68. The standard InChI is InChI=1S/C7H12N4O3S/c1-5(6(13)14-2)15-7-8-9-10-11(7)3-4-12/h5,12H,3-4H2,1-2H3. The average Bonchev–Trinajstić information content (AvgIpc) is 2.65. The van der Waals surface area contributed by atoms with Gasteiger partial charge < -0.3 is 9.84 Å². The predicted molar refractivity (Wildman–Crippen MR) is 52.2 cm³/mol. The molecule has 0 spiro atoms. The number of hydrogen-bond donors (Lipinski definition) is 1. The maximum absolute atomic E-state index is 11.1. The smallest absolute Gasteiger partial charge is 0.318 e. The van der Waals surface area contributed by atoms with E-state index in [1.807, 2.05) is 0 Å². The molecule has 0 saturated carbocycles. The van der Waals surface area contributed by atoms with Crippen LogP contribution in [-0.4, -0.2) is 50.2 Å². The van der Waals surface area contributed by atoms with E-state index >= 15 is 0 Å². The molecule has 0 aliphatic carbocycles. The third-order valence-electron chi connectivity index (χ3n) is 1.63. The Balaban J connectivity index is 2.63. The average molecular weight is 232 g/mol. The van der Waals surface area contributed by atoms with Crippen LogP contribution in [0.5, 0.6) is 0 Å². The number of methoxy groups -OCH3 is 1. The van der Waals surface area contributed by atoms with Gasteiger partial charge in [-0.25, -0.2) is 4.68 Å². The molecule has 84 valence electrons. The summed E-state index contributed by atoms with van der Waals surface area (Å²) in [4.78, 5) is 11.1. The lowest BCUT2D eigenvalue weighted by molar-refractivity contribution is -0.139. The summed E-state index contributed by atoms with van der Waals surface area (Å²) >= 11 is 1.19. The number of tetrazole rings is 1. The van der Waals surface area contributed by atoms with Crippen molar-refractivity contribution in [1.29, 1.82) is 0 Å². The van der Waals surface area contributed by atoms with Crippen LogP contribution < -0.4 is 0 Å². The fourth-order valence-electron chi connectivity index (χ4n) is 0.888. The van der Waals surface area contributed by atoms with Gasteiger partial charge in [0.05, 0.1) is 20.3 Å². The van der Waals surface area contributed by atoms with Crippen LogP contribution in [0.1, 0.15) is 6.92 Å². The van der Waals surface area contributed by atoms with E-state index in [0.29, 0.717) is 11.7 Å². The quantitative estimate of drug-likeness (QED) is 0.531. The van der Waals surface area contributed by atoms with Gasteiger partial charge in [-0.3, -0.25) is 4.79 Å². The molecule has 0 aliphatic heterocycles. The largest absolute Gasteiger partial charge is 0.468 e. The summed E-state index contributed by atoms with van der Waals surface area (Å²) in [6, 6.07) is 0. The molecule has 7 nitrogen and oxygen atoms in total. The minimum Gasteiger partial charge on any atom is -0.468 e. The molecule has 0 aromatic carbocycles. The molecular formula is C7H12N4O3S. The van der Waals surface area contributed by atoms with Crippen LogP contribution in [0.3, 0.4) is 0 Å². The van der Waals surface area contributed by atoms with Gasteiger partial charge in [0, 0.05) is 0 Å². The number of carbonyl (C=O) groups is 1. The van der Waals surface area contributed by atoms with Gasteiger partial charge in [0.1, 0.15) is 5.25 Å². The van der Waals surface area contributed by atoms with Crippen molar-refractivity contribution in [1.82, 2.24) is 20.2 Å². The van der Waals surface area contributed by atoms with Crippen LogP contribution in [0.25, 0.3) is 0 Å². The molecule has 15 heavy (non-hydrogen) atoms. The summed E-state index contributed by atoms with van der Waals surface area (Å²) in [6.07, 6.45) is 0. The molecule has 0 saturated heterocycles. The Labute approximate surface area is 90.8 Å². The fraction of sp³-hybridized carbons (Fsp3) is 0.714. The van der Waals surface area contributed by atoms with Crippen LogP contribution in [0.4, 0.5) is 0 Å². The maximum atomic E-state index is 11.1. The van der Waals surface area contributed by atoms with Crippen molar-refractivity contribution in [2.24, 2.45) is 0 Å². The molecule has 1 heterocycles. The van der Waals surface area contributed by atoms with Crippen LogP contribution >= 0.6 is 11.8 Å². The summed E-state index contributed by atoms with van der Waals surface area (Å²) < 4.78 is 6.01. The molecule has 0 fully saturated rings. The van der Waals surface area contributed by atoms with Gasteiger partial charge in [-0.2, -0.15) is 0 Å². The maximum Gasteiger partial charge on any atom is 0.318 e. The summed E-state index contributed by atoms with van der Waals surface area (Å²) in [5, 5.41) is 19.7. The predicted octanol–water partition coefficient (Wildman–Crippen LogP) is -0.681. The number of ether oxygens (including phenoxy) is 1. The minimum atomic E-state index is -0.376. The van der Waals surface area contributed by atoms with Gasteiger partial charge in [-0.15, -0.1) is 5.10 Å². The lowest BCUT2D eigenvalue weighted by Crippen LogP contribution is -2.16. The van der Waals surface area contributed by atoms with Crippen molar-refractivity contribution in [3.05, 3.63) is 0 Å². The number of aliphatic hydroxyl groups excluding tert-OH is 1. The highest BCUT2D eigenvalue weighted by atomic mass is 32.2. The summed E-state index contributed by atoms with van der Waals surface area (Å²) in [6.45, 7) is 1.96. The first-order valence-electron chi connectivity index (χ1n) is 4.30. The number of aromatic nitrogens is 4. The second kappa shape index (κ2) is 5.66. The van der Waals surface area contributed by atoms with Gasteiger partial charge in [0.15, 0.2) is 0 Å². The van der Waals surface area contributed by atoms with Gasteiger partial charge in [-0.05, 0) is 17.4 Å². The van der Waals surface area contributed by atoms with Crippen LogP contribution in [0.2, 0.25) is 0 Å². The molecule has 0 radical (unpaired) electrons. The second-order valence-electron chi connectivity index (χ2n) is 2.69. The van der Waals surface area contributed by atoms with E-state index < -0.39 is 0 Å². The summed E-state index contributed by atoms with van der Waals surface area (Å²) in [5.74, 6) is -0.335. The zero-order chi connectivity index (χ0) is 11.3. The molecule has 1 aromatic rings. The highest BCUT2D eigenvalue weighted by Crippen LogP contribution is 2.20. The van der Waals surface area contributed by atoms with Crippen molar-refractivity contribution in [2.75, 3.05) is 13.7 Å². The Morgan fingerprint density at radius 3 is 3.07 bits per heavy atom. The number of aliphatic hydroxyl groups is 1. The zero-order valence-corrected chi connectivity index (χ0v) is 9.27. The molecule has 1 N–H and O–H groups in total. The molecule has 0 aliphatic rings. The number of rotatable bonds is 5. The minimum absolute atomic E-state index is 0.0504. The van der Waals surface area contributed by atoms with Crippen LogP contribution in [0, 0.1) is 0 Å².